The van der Waals surface area contributed by atoms with Crippen LogP contribution < -0.4 is 10.1 Å². The van der Waals surface area contributed by atoms with Crippen LogP contribution in [0.2, 0.25) is 0 Å². The number of amides is 1. The van der Waals surface area contributed by atoms with Gasteiger partial charge in [0.05, 0.1) is 27.3 Å². The number of rotatable bonds is 6. The predicted molar refractivity (Wildman–Crippen MR) is 117 cm³/mol. The molecule has 2 aromatic carbocycles. The molecule has 1 atom stereocenters. The van der Waals surface area contributed by atoms with Crippen molar-refractivity contribution in [2.24, 2.45) is 0 Å². The minimum Gasteiger partial charge on any atom is -0.457 e. The Morgan fingerprint density at radius 2 is 1.97 bits per heavy atom. The molecule has 0 bridgehead atoms. The van der Waals surface area contributed by atoms with E-state index in [0.717, 1.165) is 21.2 Å². The lowest BCUT2D eigenvalue weighted by Crippen LogP contribution is -2.24. The highest BCUT2D eigenvalue weighted by Crippen LogP contribution is 2.33. The molecule has 0 aliphatic rings. The summed E-state index contributed by atoms with van der Waals surface area (Å²) in [6.07, 6.45) is 3.25. The van der Waals surface area contributed by atoms with Gasteiger partial charge in [0.15, 0.2) is 0 Å². The Morgan fingerprint density at radius 1 is 1.23 bits per heavy atom. The number of ether oxygens (including phenoxy) is 1. The largest absolute Gasteiger partial charge is 0.457 e. The molecule has 0 spiro atoms. The van der Waals surface area contributed by atoms with Gasteiger partial charge in [-0.3, -0.25) is 19.6 Å². The summed E-state index contributed by atoms with van der Waals surface area (Å²) in [6, 6.07) is 7.49. The maximum Gasteiger partial charge on any atom is 0.275 e. The lowest BCUT2D eigenvalue weighted by Gasteiger charge is -2.15. The molecule has 1 aromatic heterocycles. The van der Waals surface area contributed by atoms with E-state index in [1.54, 1.807) is 25.4 Å². The van der Waals surface area contributed by atoms with Crippen molar-refractivity contribution in [3.8, 4) is 11.5 Å². The normalized spacial score (nSPS) is 11.8. The van der Waals surface area contributed by atoms with Crippen LogP contribution >= 0.6 is 15.9 Å². The first kappa shape index (κ1) is 21.5. The molecule has 8 nitrogen and oxygen atoms in total. The van der Waals surface area contributed by atoms with Crippen molar-refractivity contribution < 1.29 is 14.5 Å². The van der Waals surface area contributed by atoms with E-state index in [1.165, 1.54) is 16.8 Å². The van der Waals surface area contributed by atoms with Gasteiger partial charge in [-0.2, -0.15) is 5.10 Å². The summed E-state index contributed by atoms with van der Waals surface area (Å²) in [5, 5.41) is 18.2. The van der Waals surface area contributed by atoms with Crippen LogP contribution in [0.4, 0.5) is 11.4 Å². The first-order chi connectivity index (χ1) is 14.1. The highest BCUT2D eigenvalue weighted by atomic mass is 79.9. The van der Waals surface area contributed by atoms with Crippen molar-refractivity contribution >= 4 is 33.2 Å². The fourth-order valence-electron chi connectivity index (χ4n) is 2.95. The Labute approximate surface area is 182 Å². The minimum absolute atomic E-state index is 0.181. The summed E-state index contributed by atoms with van der Waals surface area (Å²) in [6.45, 7) is 7.53. The predicted octanol–water partition coefficient (Wildman–Crippen LogP) is 5.47. The first-order valence-electron chi connectivity index (χ1n) is 9.19. The molecule has 9 heteroatoms. The molecule has 0 aliphatic heterocycles. The summed E-state index contributed by atoms with van der Waals surface area (Å²) < 4.78 is 8.19. The Hall–Kier alpha value is -3.20. The van der Waals surface area contributed by atoms with Gasteiger partial charge in [-0.05, 0) is 66.4 Å². The average molecular weight is 473 g/mol. The van der Waals surface area contributed by atoms with Crippen LogP contribution in [-0.2, 0) is 4.79 Å². The van der Waals surface area contributed by atoms with Crippen molar-refractivity contribution in [3.05, 3.63) is 74.0 Å². The van der Waals surface area contributed by atoms with Gasteiger partial charge < -0.3 is 10.1 Å². The van der Waals surface area contributed by atoms with Crippen LogP contribution in [0.5, 0.6) is 11.5 Å². The molecule has 0 fully saturated rings. The van der Waals surface area contributed by atoms with Gasteiger partial charge in [0.25, 0.3) is 5.69 Å². The molecule has 3 rings (SSSR count). The SMILES string of the molecule is Cc1cc(C)c(C)c(Oc2cc(NC(=O)C(C)n3cc(Br)cn3)cc([N+](=O)[O-])c2)c1. The number of aryl methyl sites for hydroxylation is 2. The maximum absolute atomic E-state index is 12.6. The van der Waals surface area contributed by atoms with E-state index in [-0.39, 0.29) is 23.0 Å². The van der Waals surface area contributed by atoms with Crippen LogP contribution in [0.15, 0.2) is 47.2 Å². The van der Waals surface area contributed by atoms with Crippen LogP contribution in [0.25, 0.3) is 0 Å². The number of carbonyl (C=O) groups excluding carboxylic acids is 1. The number of benzene rings is 2. The second kappa shape index (κ2) is 8.66. The Balaban J connectivity index is 1.89. The maximum atomic E-state index is 12.6. The van der Waals surface area contributed by atoms with Gasteiger partial charge >= 0.3 is 0 Å². The molecule has 1 unspecified atom stereocenters. The molecule has 3 aromatic rings. The molecular formula is C21H21BrN4O4. The van der Waals surface area contributed by atoms with Crippen LogP contribution in [0.1, 0.15) is 29.7 Å². The number of hydrogen-bond acceptors (Lipinski definition) is 5. The first-order valence-corrected chi connectivity index (χ1v) is 9.99. The lowest BCUT2D eigenvalue weighted by atomic mass is 10.1. The van der Waals surface area contributed by atoms with Gasteiger partial charge in [0.2, 0.25) is 5.91 Å². The number of carbonyl (C=O) groups is 1. The number of nitro groups is 1. The molecule has 156 valence electrons. The van der Waals surface area contributed by atoms with Crippen LogP contribution in [-0.4, -0.2) is 20.6 Å². The molecule has 0 saturated carbocycles. The summed E-state index contributed by atoms with van der Waals surface area (Å²) >= 11 is 3.29. The van der Waals surface area contributed by atoms with E-state index in [9.17, 15) is 14.9 Å². The Morgan fingerprint density at radius 3 is 2.60 bits per heavy atom. The van der Waals surface area contributed by atoms with Gasteiger partial charge in [0.1, 0.15) is 17.5 Å². The van der Waals surface area contributed by atoms with Crippen molar-refractivity contribution in [2.45, 2.75) is 33.7 Å². The third kappa shape index (κ3) is 4.85. The van der Waals surface area contributed by atoms with E-state index in [0.29, 0.717) is 5.75 Å². The average Bonchev–Trinajstić information content (AvgIpc) is 3.11. The molecule has 0 aliphatic carbocycles. The summed E-state index contributed by atoms with van der Waals surface area (Å²) in [5.74, 6) is 0.516. The summed E-state index contributed by atoms with van der Waals surface area (Å²) in [5.41, 5.74) is 3.11. The summed E-state index contributed by atoms with van der Waals surface area (Å²) in [7, 11) is 0. The standard InChI is InChI=1S/C21H21BrN4O4/c1-12-5-13(2)14(3)20(6-12)30-19-8-17(7-18(9-19)26(28)29)24-21(27)15(4)25-11-16(22)10-23-25/h5-11,15H,1-4H3,(H,24,27). The number of non-ortho nitro benzene ring substituents is 1. The molecule has 0 radical (unpaired) electrons. The number of nitrogens with one attached hydrogen (secondary N) is 1. The number of nitro benzene ring substituents is 1. The number of halogens is 1. The van der Waals surface area contributed by atoms with Crippen molar-refractivity contribution in [2.75, 3.05) is 5.32 Å². The van der Waals surface area contributed by atoms with Gasteiger partial charge in [-0.25, -0.2) is 0 Å². The fourth-order valence-corrected chi connectivity index (χ4v) is 3.25. The highest BCUT2D eigenvalue weighted by molar-refractivity contribution is 9.10. The summed E-state index contributed by atoms with van der Waals surface area (Å²) in [4.78, 5) is 23.5. The smallest absolute Gasteiger partial charge is 0.275 e. The zero-order valence-corrected chi connectivity index (χ0v) is 18.6. The third-order valence-corrected chi connectivity index (χ3v) is 5.12. The van der Waals surface area contributed by atoms with Crippen molar-refractivity contribution in [3.63, 3.8) is 0 Å². The zero-order valence-electron chi connectivity index (χ0n) is 17.0. The van der Waals surface area contributed by atoms with E-state index in [1.807, 2.05) is 32.9 Å². The van der Waals surface area contributed by atoms with E-state index in [2.05, 4.69) is 26.3 Å². The van der Waals surface area contributed by atoms with Crippen LogP contribution in [0, 0.1) is 30.9 Å². The Kier molecular flexibility index (Phi) is 6.21. The second-order valence-electron chi connectivity index (χ2n) is 7.08. The lowest BCUT2D eigenvalue weighted by molar-refractivity contribution is -0.384. The number of nitrogens with zero attached hydrogens (tertiary/aromatic N) is 3. The molecule has 1 amide bonds. The monoisotopic (exact) mass is 472 g/mol. The van der Waals surface area contributed by atoms with Crippen molar-refractivity contribution in [1.29, 1.82) is 0 Å². The molecule has 1 N–H and O–H groups in total. The van der Waals surface area contributed by atoms with Crippen molar-refractivity contribution in [1.82, 2.24) is 9.78 Å². The number of anilines is 1. The second-order valence-corrected chi connectivity index (χ2v) is 8.00. The topological polar surface area (TPSA) is 99.3 Å². The van der Waals surface area contributed by atoms with Gasteiger partial charge in [0, 0.05) is 18.3 Å². The third-order valence-electron chi connectivity index (χ3n) is 4.71. The number of hydrogen-bond donors (Lipinski definition) is 1. The van der Waals surface area contributed by atoms with Gasteiger partial charge in [-0.1, -0.05) is 6.07 Å². The number of aromatic nitrogens is 2. The molecule has 30 heavy (non-hydrogen) atoms. The highest BCUT2D eigenvalue weighted by Gasteiger charge is 2.19. The quantitative estimate of drug-likeness (QED) is 0.378. The fraction of sp³-hybridized carbons (Fsp3) is 0.238. The molecule has 1 heterocycles. The molecule has 0 saturated heterocycles. The van der Waals surface area contributed by atoms with E-state index >= 15 is 0 Å². The minimum atomic E-state index is -0.610. The molecular weight excluding hydrogens is 452 g/mol. The van der Waals surface area contributed by atoms with Crippen LogP contribution in [0.3, 0.4) is 0 Å². The van der Waals surface area contributed by atoms with E-state index in [4.69, 9.17) is 4.74 Å². The Bertz CT molecular complexity index is 1130. The van der Waals surface area contributed by atoms with E-state index < -0.39 is 11.0 Å². The zero-order chi connectivity index (χ0) is 22.0. The van der Waals surface area contributed by atoms with Gasteiger partial charge in [-0.15, -0.1) is 0 Å².